The Bertz CT molecular complexity index is 510. The maximum Gasteiger partial charge on any atom is 0.339 e. The third-order valence-electron chi connectivity index (χ3n) is 4.14. The van der Waals surface area contributed by atoms with Crippen molar-refractivity contribution in [3.63, 3.8) is 0 Å². The van der Waals surface area contributed by atoms with E-state index < -0.39 is 5.97 Å². The fraction of sp³-hybridized carbons (Fsp3) is 0.643. The number of carbonyl (C=O) groups excluding carboxylic acids is 1. The number of nitrogens with zero attached hydrogens (tertiary/aromatic N) is 3. The molecule has 1 fully saturated rings. The van der Waals surface area contributed by atoms with E-state index in [0.29, 0.717) is 31.1 Å². The van der Waals surface area contributed by atoms with E-state index in [1.165, 1.54) is 6.20 Å². The first kappa shape index (κ1) is 14.6. The van der Waals surface area contributed by atoms with E-state index in [1.54, 1.807) is 16.6 Å². The summed E-state index contributed by atoms with van der Waals surface area (Å²) >= 11 is 0. The smallest absolute Gasteiger partial charge is 0.339 e. The Morgan fingerprint density at radius 2 is 2.25 bits per heavy atom. The van der Waals surface area contributed by atoms with Gasteiger partial charge in [-0.1, -0.05) is 13.3 Å². The molecule has 0 spiro atoms. The van der Waals surface area contributed by atoms with Crippen LogP contribution in [0.2, 0.25) is 0 Å². The number of likely N-dealkylation sites (tertiary alicyclic amines) is 1. The van der Waals surface area contributed by atoms with Gasteiger partial charge in [-0.05, 0) is 18.8 Å². The first-order valence-electron chi connectivity index (χ1n) is 7.04. The molecule has 0 aromatic carbocycles. The fourth-order valence-electron chi connectivity index (χ4n) is 2.68. The van der Waals surface area contributed by atoms with Crippen LogP contribution in [0, 0.1) is 5.92 Å². The standard InChI is InChI=1S/C14H21N3O3/c1-3-10-4-5-13(18)17(7-6-10)9-12-11(14(19)20)8-15-16(12)2/h8,10H,3-7,9H2,1-2H3,(H,19,20). The first-order chi connectivity index (χ1) is 9.52. The van der Waals surface area contributed by atoms with Crippen molar-refractivity contribution in [1.29, 1.82) is 0 Å². The number of aromatic nitrogens is 2. The van der Waals surface area contributed by atoms with Gasteiger partial charge in [0.1, 0.15) is 5.56 Å². The van der Waals surface area contributed by atoms with Gasteiger partial charge in [-0.2, -0.15) is 5.10 Å². The van der Waals surface area contributed by atoms with E-state index in [2.05, 4.69) is 12.0 Å². The van der Waals surface area contributed by atoms with Crippen LogP contribution in [0.15, 0.2) is 6.20 Å². The topological polar surface area (TPSA) is 75.4 Å². The van der Waals surface area contributed by atoms with Crippen molar-refractivity contribution in [3.8, 4) is 0 Å². The third kappa shape index (κ3) is 3.00. The summed E-state index contributed by atoms with van der Waals surface area (Å²) in [6.07, 6.45) is 4.91. The molecule has 1 amide bonds. The van der Waals surface area contributed by atoms with Gasteiger partial charge < -0.3 is 10.0 Å². The average Bonchev–Trinajstić information content (AvgIpc) is 2.68. The molecule has 0 aliphatic carbocycles. The lowest BCUT2D eigenvalue weighted by molar-refractivity contribution is -0.131. The minimum atomic E-state index is -0.998. The van der Waals surface area contributed by atoms with E-state index in [1.807, 2.05) is 0 Å². The number of aromatic carboxylic acids is 1. The monoisotopic (exact) mass is 279 g/mol. The van der Waals surface area contributed by atoms with Crippen molar-refractivity contribution in [2.45, 2.75) is 39.2 Å². The summed E-state index contributed by atoms with van der Waals surface area (Å²) in [5.74, 6) is -0.297. The minimum Gasteiger partial charge on any atom is -0.478 e. The van der Waals surface area contributed by atoms with Crippen LogP contribution in [0.5, 0.6) is 0 Å². The number of rotatable bonds is 4. The predicted molar refractivity (Wildman–Crippen MR) is 73.2 cm³/mol. The largest absolute Gasteiger partial charge is 0.478 e. The Morgan fingerprint density at radius 3 is 2.90 bits per heavy atom. The van der Waals surface area contributed by atoms with Crippen LogP contribution in [0.25, 0.3) is 0 Å². The van der Waals surface area contributed by atoms with E-state index in [-0.39, 0.29) is 11.5 Å². The molecule has 20 heavy (non-hydrogen) atoms. The summed E-state index contributed by atoms with van der Waals surface area (Å²) < 4.78 is 1.54. The lowest BCUT2D eigenvalue weighted by Gasteiger charge is -2.21. The van der Waals surface area contributed by atoms with Gasteiger partial charge in [0.2, 0.25) is 5.91 Å². The second-order valence-electron chi connectivity index (χ2n) is 5.35. The highest BCUT2D eigenvalue weighted by Gasteiger charge is 2.24. The number of carboxylic acids is 1. The second-order valence-corrected chi connectivity index (χ2v) is 5.35. The van der Waals surface area contributed by atoms with Crippen molar-refractivity contribution in [3.05, 3.63) is 17.5 Å². The van der Waals surface area contributed by atoms with E-state index in [9.17, 15) is 9.59 Å². The van der Waals surface area contributed by atoms with Gasteiger partial charge in [-0.3, -0.25) is 9.48 Å². The van der Waals surface area contributed by atoms with Crippen molar-refractivity contribution < 1.29 is 14.7 Å². The average molecular weight is 279 g/mol. The van der Waals surface area contributed by atoms with Crippen LogP contribution in [0.1, 0.15) is 48.7 Å². The molecule has 1 aromatic rings. The Hall–Kier alpha value is -1.85. The number of carboxylic acid groups (broad SMARTS) is 1. The van der Waals surface area contributed by atoms with E-state index in [4.69, 9.17) is 5.11 Å². The highest BCUT2D eigenvalue weighted by molar-refractivity contribution is 5.88. The van der Waals surface area contributed by atoms with Crippen molar-refractivity contribution in [2.24, 2.45) is 13.0 Å². The summed E-state index contributed by atoms with van der Waals surface area (Å²) in [5, 5.41) is 13.1. The molecular formula is C14H21N3O3. The summed E-state index contributed by atoms with van der Waals surface area (Å²) in [7, 11) is 1.71. The molecule has 1 aliphatic rings. The summed E-state index contributed by atoms with van der Waals surface area (Å²) in [5.41, 5.74) is 0.761. The SMILES string of the molecule is CCC1CCC(=O)N(Cc2c(C(=O)O)cnn2C)CC1. The molecule has 6 heteroatoms. The fourth-order valence-corrected chi connectivity index (χ4v) is 2.68. The molecule has 1 aliphatic heterocycles. The molecule has 1 aromatic heterocycles. The van der Waals surface area contributed by atoms with Gasteiger partial charge in [0.15, 0.2) is 0 Å². The third-order valence-corrected chi connectivity index (χ3v) is 4.14. The maximum atomic E-state index is 12.1. The van der Waals surface area contributed by atoms with Gasteiger partial charge in [0.25, 0.3) is 0 Å². The number of carbonyl (C=O) groups is 2. The highest BCUT2D eigenvalue weighted by atomic mass is 16.4. The molecular weight excluding hydrogens is 258 g/mol. The Balaban J connectivity index is 2.14. The molecule has 2 rings (SSSR count). The molecule has 1 saturated heterocycles. The zero-order chi connectivity index (χ0) is 14.7. The predicted octanol–water partition coefficient (Wildman–Crippen LogP) is 1.66. The van der Waals surface area contributed by atoms with Gasteiger partial charge in [-0.25, -0.2) is 4.79 Å². The van der Waals surface area contributed by atoms with Gasteiger partial charge in [-0.15, -0.1) is 0 Å². The lowest BCUT2D eigenvalue weighted by Crippen LogP contribution is -2.31. The summed E-state index contributed by atoms with van der Waals surface area (Å²) in [6, 6.07) is 0. The zero-order valence-electron chi connectivity index (χ0n) is 12.0. The summed E-state index contributed by atoms with van der Waals surface area (Å²) in [4.78, 5) is 25.1. The zero-order valence-corrected chi connectivity index (χ0v) is 12.0. The van der Waals surface area contributed by atoms with Crippen LogP contribution in [0.3, 0.4) is 0 Å². The van der Waals surface area contributed by atoms with Gasteiger partial charge in [0.05, 0.1) is 18.4 Å². The minimum absolute atomic E-state index is 0.110. The number of hydrogen-bond acceptors (Lipinski definition) is 3. The highest BCUT2D eigenvalue weighted by Crippen LogP contribution is 2.22. The van der Waals surface area contributed by atoms with Crippen LogP contribution < -0.4 is 0 Å². The quantitative estimate of drug-likeness (QED) is 0.909. The summed E-state index contributed by atoms with van der Waals surface area (Å²) in [6.45, 7) is 3.17. The Morgan fingerprint density at radius 1 is 1.50 bits per heavy atom. The maximum absolute atomic E-state index is 12.1. The van der Waals surface area contributed by atoms with Crippen LogP contribution in [-0.4, -0.2) is 38.2 Å². The van der Waals surface area contributed by atoms with E-state index >= 15 is 0 Å². The molecule has 110 valence electrons. The van der Waals surface area contributed by atoms with Crippen LogP contribution in [-0.2, 0) is 18.4 Å². The van der Waals surface area contributed by atoms with Crippen molar-refractivity contribution >= 4 is 11.9 Å². The van der Waals surface area contributed by atoms with Crippen molar-refractivity contribution in [1.82, 2.24) is 14.7 Å². The van der Waals surface area contributed by atoms with Gasteiger partial charge in [0, 0.05) is 20.0 Å². The Labute approximate surface area is 118 Å². The number of amides is 1. The molecule has 1 atom stereocenters. The molecule has 1 N–H and O–H groups in total. The first-order valence-corrected chi connectivity index (χ1v) is 7.04. The second kappa shape index (κ2) is 6.07. The van der Waals surface area contributed by atoms with E-state index in [0.717, 1.165) is 19.3 Å². The molecule has 1 unspecified atom stereocenters. The Kier molecular flexibility index (Phi) is 4.42. The number of aryl methyl sites for hydroxylation is 1. The molecule has 0 radical (unpaired) electrons. The molecule has 0 bridgehead atoms. The molecule has 0 saturated carbocycles. The lowest BCUT2D eigenvalue weighted by atomic mass is 9.98. The molecule has 2 heterocycles. The van der Waals surface area contributed by atoms with Crippen molar-refractivity contribution in [2.75, 3.05) is 6.54 Å². The molecule has 6 nitrogen and oxygen atoms in total. The normalized spacial score (nSPS) is 20.0. The van der Waals surface area contributed by atoms with Crippen LogP contribution >= 0.6 is 0 Å². The number of hydrogen-bond donors (Lipinski definition) is 1. The van der Waals surface area contributed by atoms with Crippen LogP contribution in [0.4, 0.5) is 0 Å². The van der Waals surface area contributed by atoms with Gasteiger partial charge >= 0.3 is 5.97 Å².